The number of nitrogens with zero attached hydrogens (tertiary/aromatic N) is 1. The quantitative estimate of drug-likeness (QED) is 0.478. The first-order valence-electron chi connectivity index (χ1n) is 9.93. The molecular weight excluding hydrogens is 396 g/mol. The number of nitrogens with one attached hydrogen (secondary N) is 1. The number of amides is 1. The van der Waals surface area contributed by atoms with Gasteiger partial charge in [-0.2, -0.15) is 4.31 Å². The van der Waals surface area contributed by atoms with Crippen molar-refractivity contribution in [2.24, 2.45) is 0 Å². The van der Waals surface area contributed by atoms with Gasteiger partial charge in [-0.1, -0.05) is 25.8 Å². The molecule has 9 heteroatoms. The molecule has 8 nitrogen and oxygen atoms in total. The number of benzene rings is 1. The minimum atomic E-state index is -3.77. The number of carbonyl (C=O) groups excluding carboxylic acids is 2. The van der Waals surface area contributed by atoms with Crippen molar-refractivity contribution in [1.82, 2.24) is 9.62 Å². The van der Waals surface area contributed by atoms with Gasteiger partial charge in [0.15, 0.2) is 6.61 Å². The van der Waals surface area contributed by atoms with E-state index in [1.165, 1.54) is 28.6 Å². The zero-order valence-corrected chi connectivity index (χ0v) is 18.0. The fourth-order valence-corrected chi connectivity index (χ4v) is 4.76. The van der Waals surface area contributed by atoms with Crippen LogP contribution in [0.3, 0.4) is 0 Å². The van der Waals surface area contributed by atoms with Crippen LogP contribution in [0.5, 0.6) is 0 Å². The molecule has 1 N–H and O–H groups in total. The van der Waals surface area contributed by atoms with Crippen LogP contribution >= 0.6 is 0 Å². The molecule has 1 aromatic carbocycles. The van der Waals surface area contributed by atoms with E-state index in [0.717, 1.165) is 19.3 Å². The molecule has 1 saturated heterocycles. The van der Waals surface area contributed by atoms with Gasteiger partial charge in [-0.15, -0.1) is 0 Å². The molecule has 1 amide bonds. The van der Waals surface area contributed by atoms with Crippen molar-refractivity contribution in [2.75, 3.05) is 26.2 Å². The summed E-state index contributed by atoms with van der Waals surface area (Å²) >= 11 is 0. The van der Waals surface area contributed by atoms with Crippen molar-refractivity contribution >= 4 is 21.9 Å². The lowest BCUT2D eigenvalue weighted by molar-refractivity contribution is -0.124. The van der Waals surface area contributed by atoms with E-state index < -0.39 is 22.6 Å². The second-order valence-electron chi connectivity index (χ2n) is 7.24. The third kappa shape index (κ3) is 6.80. The molecule has 0 radical (unpaired) electrons. The molecule has 0 bridgehead atoms. The minimum absolute atomic E-state index is 0.0114. The Morgan fingerprint density at radius 1 is 1.21 bits per heavy atom. The molecule has 0 unspecified atom stereocenters. The number of hydrogen-bond acceptors (Lipinski definition) is 6. The Kier molecular flexibility index (Phi) is 8.60. The average Bonchev–Trinajstić information content (AvgIpc) is 2.68. The Balaban J connectivity index is 1.99. The van der Waals surface area contributed by atoms with Crippen molar-refractivity contribution in [3.05, 3.63) is 29.8 Å². The molecule has 0 saturated carbocycles. The van der Waals surface area contributed by atoms with E-state index in [2.05, 4.69) is 12.2 Å². The highest BCUT2D eigenvalue weighted by Crippen LogP contribution is 2.22. The number of hydrogen-bond donors (Lipinski definition) is 1. The number of sulfonamides is 1. The Bertz CT molecular complexity index is 801. The molecule has 0 spiro atoms. The smallest absolute Gasteiger partial charge is 0.338 e. The molecule has 1 aliphatic heterocycles. The van der Waals surface area contributed by atoms with E-state index in [1.54, 1.807) is 0 Å². The van der Waals surface area contributed by atoms with E-state index in [9.17, 15) is 18.0 Å². The summed E-state index contributed by atoms with van der Waals surface area (Å²) in [7, 11) is -3.77. The molecule has 162 valence electrons. The SMILES string of the molecule is CCCCCNC(=O)COC(=O)c1cccc(S(=O)(=O)N2C[C@@H](C)O[C@@H](C)C2)c1. The summed E-state index contributed by atoms with van der Waals surface area (Å²) in [5, 5.41) is 2.68. The normalized spacial score (nSPS) is 20.2. The second-order valence-corrected chi connectivity index (χ2v) is 9.18. The molecule has 2 atom stereocenters. The summed E-state index contributed by atoms with van der Waals surface area (Å²) in [5.74, 6) is -1.12. The first-order chi connectivity index (χ1) is 13.7. The molecule has 2 rings (SSSR count). The number of carbonyl (C=O) groups is 2. The predicted octanol–water partition coefficient (Wildman–Crippen LogP) is 1.95. The predicted molar refractivity (Wildman–Crippen MR) is 108 cm³/mol. The van der Waals surface area contributed by atoms with Crippen LogP contribution in [0.15, 0.2) is 29.2 Å². The fraction of sp³-hybridized carbons (Fsp3) is 0.600. The van der Waals surface area contributed by atoms with Gasteiger partial charge in [0.1, 0.15) is 0 Å². The van der Waals surface area contributed by atoms with Gasteiger partial charge in [0, 0.05) is 19.6 Å². The van der Waals surface area contributed by atoms with Crippen LogP contribution in [0, 0.1) is 0 Å². The van der Waals surface area contributed by atoms with Crippen molar-refractivity contribution in [2.45, 2.75) is 57.1 Å². The van der Waals surface area contributed by atoms with Crippen LogP contribution in [0.4, 0.5) is 0 Å². The molecule has 1 fully saturated rings. The Morgan fingerprint density at radius 3 is 2.55 bits per heavy atom. The fourth-order valence-electron chi connectivity index (χ4n) is 3.13. The number of ether oxygens (including phenoxy) is 2. The van der Waals surface area contributed by atoms with E-state index >= 15 is 0 Å². The summed E-state index contributed by atoms with van der Waals surface area (Å²) in [4.78, 5) is 24.0. The van der Waals surface area contributed by atoms with Crippen LogP contribution in [-0.4, -0.2) is 63.0 Å². The monoisotopic (exact) mass is 426 g/mol. The topological polar surface area (TPSA) is 102 Å². The third-order valence-electron chi connectivity index (χ3n) is 4.53. The number of morpholine rings is 1. The molecule has 1 heterocycles. The van der Waals surface area contributed by atoms with Crippen molar-refractivity contribution in [1.29, 1.82) is 0 Å². The summed E-state index contributed by atoms with van der Waals surface area (Å²) < 4.78 is 37.9. The lowest BCUT2D eigenvalue weighted by Crippen LogP contribution is -2.48. The van der Waals surface area contributed by atoms with Crippen LogP contribution in [0.25, 0.3) is 0 Å². The van der Waals surface area contributed by atoms with Gasteiger partial charge in [0.25, 0.3) is 5.91 Å². The van der Waals surface area contributed by atoms with Crippen LogP contribution in [-0.2, 0) is 24.3 Å². The van der Waals surface area contributed by atoms with E-state index in [-0.39, 0.29) is 41.7 Å². The Labute approximate surface area is 172 Å². The molecular formula is C20H30N2O6S. The van der Waals surface area contributed by atoms with Crippen molar-refractivity contribution in [3.8, 4) is 0 Å². The van der Waals surface area contributed by atoms with Crippen molar-refractivity contribution < 1.29 is 27.5 Å². The second kappa shape index (κ2) is 10.7. The lowest BCUT2D eigenvalue weighted by Gasteiger charge is -2.34. The van der Waals surface area contributed by atoms with E-state index in [1.807, 2.05) is 13.8 Å². The summed E-state index contributed by atoms with van der Waals surface area (Å²) in [6, 6.07) is 5.67. The highest BCUT2D eigenvalue weighted by Gasteiger charge is 2.32. The van der Waals surface area contributed by atoms with Gasteiger partial charge >= 0.3 is 5.97 Å². The maximum atomic E-state index is 12.9. The van der Waals surface area contributed by atoms with Crippen molar-refractivity contribution in [3.63, 3.8) is 0 Å². The zero-order chi connectivity index (χ0) is 21.4. The maximum Gasteiger partial charge on any atom is 0.338 e. The lowest BCUT2D eigenvalue weighted by atomic mass is 10.2. The van der Waals surface area contributed by atoms with Gasteiger partial charge in [-0.05, 0) is 38.5 Å². The van der Waals surface area contributed by atoms with Crippen LogP contribution in [0.1, 0.15) is 50.4 Å². The van der Waals surface area contributed by atoms with Gasteiger partial charge in [-0.3, -0.25) is 4.79 Å². The largest absolute Gasteiger partial charge is 0.452 e. The number of rotatable bonds is 9. The van der Waals surface area contributed by atoms with Crippen LogP contribution < -0.4 is 5.32 Å². The van der Waals surface area contributed by atoms with E-state index in [0.29, 0.717) is 6.54 Å². The molecule has 0 aromatic heterocycles. The van der Waals surface area contributed by atoms with Gasteiger partial charge in [0.05, 0.1) is 22.7 Å². The molecule has 1 aromatic rings. The third-order valence-corrected chi connectivity index (χ3v) is 6.36. The summed E-state index contributed by atoms with van der Waals surface area (Å²) in [6.07, 6.45) is 2.51. The van der Waals surface area contributed by atoms with Crippen LogP contribution in [0.2, 0.25) is 0 Å². The van der Waals surface area contributed by atoms with E-state index in [4.69, 9.17) is 9.47 Å². The highest BCUT2D eigenvalue weighted by atomic mass is 32.2. The highest BCUT2D eigenvalue weighted by molar-refractivity contribution is 7.89. The van der Waals surface area contributed by atoms with Gasteiger partial charge in [-0.25, -0.2) is 13.2 Å². The summed E-state index contributed by atoms with van der Waals surface area (Å²) in [6.45, 7) is 6.34. The Morgan fingerprint density at radius 2 is 1.90 bits per heavy atom. The zero-order valence-electron chi connectivity index (χ0n) is 17.2. The number of unbranched alkanes of at least 4 members (excludes halogenated alkanes) is 2. The molecule has 29 heavy (non-hydrogen) atoms. The standard InChI is InChI=1S/C20H30N2O6S/c1-4-5-6-10-21-19(23)14-27-20(24)17-8-7-9-18(11-17)29(25,26)22-12-15(2)28-16(3)13-22/h7-9,11,15-16H,4-6,10,12-14H2,1-3H3,(H,21,23)/t15-,16+. The molecule has 0 aliphatic carbocycles. The van der Waals surface area contributed by atoms with Gasteiger partial charge < -0.3 is 14.8 Å². The maximum absolute atomic E-state index is 12.9. The van der Waals surface area contributed by atoms with Gasteiger partial charge in [0.2, 0.25) is 10.0 Å². The number of esters is 1. The minimum Gasteiger partial charge on any atom is -0.452 e. The first-order valence-corrected chi connectivity index (χ1v) is 11.4. The average molecular weight is 427 g/mol. The first kappa shape index (κ1) is 23.3. The summed E-state index contributed by atoms with van der Waals surface area (Å²) in [5.41, 5.74) is 0.0826. The Hall–Kier alpha value is -1.97. The molecule has 1 aliphatic rings.